The highest BCUT2D eigenvalue weighted by molar-refractivity contribution is 4.70. The van der Waals surface area contributed by atoms with E-state index in [1.54, 1.807) is 0 Å². The Morgan fingerprint density at radius 2 is 1.75 bits per heavy atom. The molecule has 0 bridgehead atoms. The molecule has 6 nitrogen and oxygen atoms in total. The van der Waals surface area contributed by atoms with Gasteiger partial charge >= 0.3 is 0 Å². The summed E-state index contributed by atoms with van der Waals surface area (Å²) in [6.07, 6.45) is 0.0722. The van der Waals surface area contributed by atoms with E-state index in [1.807, 2.05) is 0 Å². The van der Waals surface area contributed by atoms with Crippen LogP contribution in [0, 0.1) is 0 Å². The third-order valence-electron chi connectivity index (χ3n) is 4.14. The number of nitrogens with zero attached hydrogens (tertiary/aromatic N) is 3. The number of piperazine rings is 2. The summed E-state index contributed by atoms with van der Waals surface area (Å²) in [6.45, 7) is 10.6. The molecule has 0 aromatic carbocycles. The molecule has 6 heteroatoms. The Labute approximate surface area is 122 Å². The number of ether oxygens (including phenoxy) is 1. The van der Waals surface area contributed by atoms with E-state index in [0.717, 1.165) is 65.3 Å². The third kappa shape index (κ3) is 6.03. The molecule has 0 saturated carbocycles. The molecule has 1 N–H and O–H groups in total. The molecule has 2 fully saturated rings. The van der Waals surface area contributed by atoms with Crippen molar-refractivity contribution in [3.63, 3.8) is 0 Å². The molecule has 1 unspecified atom stereocenters. The highest BCUT2D eigenvalue weighted by Crippen LogP contribution is 2.02. The molecule has 0 aliphatic carbocycles. The minimum Gasteiger partial charge on any atom is -0.349 e. The van der Waals surface area contributed by atoms with E-state index in [2.05, 4.69) is 27.1 Å². The van der Waals surface area contributed by atoms with Crippen LogP contribution in [0.2, 0.25) is 0 Å². The van der Waals surface area contributed by atoms with Gasteiger partial charge in [-0.15, -0.1) is 0 Å². The van der Waals surface area contributed by atoms with E-state index in [0.29, 0.717) is 13.2 Å². The lowest BCUT2D eigenvalue weighted by molar-refractivity contribution is -0.154. The molecule has 2 heterocycles. The van der Waals surface area contributed by atoms with Gasteiger partial charge < -0.3 is 19.9 Å². The van der Waals surface area contributed by atoms with E-state index in [1.165, 1.54) is 0 Å². The summed E-state index contributed by atoms with van der Waals surface area (Å²) in [5, 5.41) is 15.2. The average molecular weight is 285 g/mol. The van der Waals surface area contributed by atoms with Gasteiger partial charge in [0.05, 0.1) is 13.2 Å². The quantitative estimate of drug-likeness (QED) is 0.495. The number of hydrogen-bond donors (Lipinski definition) is 1. The van der Waals surface area contributed by atoms with Crippen molar-refractivity contribution in [1.82, 2.24) is 20.0 Å². The first-order valence-corrected chi connectivity index (χ1v) is 7.85. The molecular weight excluding hydrogens is 256 g/mol. The van der Waals surface area contributed by atoms with Crippen LogP contribution in [0.4, 0.5) is 0 Å². The highest BCUT2D eigenvalue weighted by atomic mass is 16.6. The van der Waals surface area contributed by atoms with Crippen molar-refractivity contribution in [2.45, 2.75) is 12.7 Å². The second kappa shape index (κ2) is 8.92. The fourth-order valence-corrected chi connectivity index (χ4v) is 2.73. The molecule has 0 aromatic heterocycles. The van der Waals surface area contributed by atoms with Gasteiger partial charge in [-0.2, -0.15) is 0 Å². The van der Waals surface area contributed by atoms with Crippen molar-refractivity contribution in [2.75, 3.05) is 79.1 Å². The summed E-state index contributed by atoms with van der Waals surface area (Å²) < 4.78 is 5.41. The van der Waals surface area contributed by atoms with Gasteiger partial charge in [0, 0.05) is 58.9 Å². The molecule has 0 amide bonds. The summed E-state index contributed by atoms with van der Waals surface area (Å²) in [4.78, 5) is 6.94. The first-order valence-electron chi connectivity index (χ1n) is 7.85. The van der Waals surface area contributed by atoms with E-state index >= 15 is 0 Å². The van der Waals surface area contributed by atoms with Crippen molar-refractivity contribution in [2.24, 2.45) is 0 Å². The van der Waals surface area contributed by atoms with Gasteiger partial charge in [0.1, 0.15) is 0 Å². The Balaban J connectivity index is 1.48. The normalized spacial score (nSPS) is 24.9. The van der Waals surface area contributed by atoms with Crippen LogP contribution < -0.4 is 5.32 Å². The maximum atomic E-state index is 11.8. The molecule has 1 atom stereocenters. The minimum atomic E-state index is -0.888. The number of hydrogen-bond acceptors (Lipinski definition) is 5. The Morgan fingerprint density at radius 1 is 1.05 bits per heavy atom. The molecule has 20 heavy (non-hydrogen) atoms. The zero-order valence-electron chi connectivity index (χ0n) is 12.7. The van der Waals surface area contributed by atoms with Crippen molar-refractivity contribution < 1.29 is 9.84 Å². The third-order valence-corrected chi connectivity index (χ3v) is 4.14. The first-order chi connectivity index (χ1) is 9.74. The number of rotatable bonds is 7. The van der Waals surface area contributed by atoms with Crippen molar-refractivity contribution >= 4 is 0 Å². The van der Waals surface area contributed by atoms with Crippen molar-refractivity contribution in [3.8, 4) is 0 Å². The Hall–Kier alpha value is -0.240. The lowest BCUT2D eigenvalue weighted by Gasteiger charge is -2.33. The van der Waals surface area contributed by atoms with Crippen LogP contribution >= 0.6 is 0 Å². The topological polar surface area (TPSA) is 50.9 Å². The van der Waals surface area contributed by atoms with E-state index in [4.69, 9.17) is 4.74 Å². The summed E-state index contributed by atoms with van der Waals surface area (Å²) in [7, 11) is 2.12. The summed E-state index contributed by atoms with van der Waals surface area (Å²) >= 11 is 0. The van der Waals surface area contributed by atoms with Gasteiger partial charge in [-0.3, -0.25) is 4.90 Å². The van der Waals surface area contributed by atoms with E-state index in [-0.39, 0.29) is 0 Å². The van der Waals surface area contributed by atoms with Crippen LogP contribution in [-0.4, -0.2) is 100 Å². The molecule has 2 aliphatic rings. The highest BCUT2D eigenvalue weighted by Gasteiger charge is 2.18. The monoisotopic (exact) mass is 285 g/mol. The average Bonchev–Trinajstić information content (AvgIpc) is 2.47. The summed E-state index contributed by atoms with van der Waals surface area (Å²) in [5.41, 5.74) is 0. The van der Waals surface area contributed by atoms with Crippen molar-refractivity contribution in [3.05, 3.63) is 0 Å². The molecular formula is C14H29N4O2. The van der Waals surface area contributed by atoms with E-state index in [9.17, 15) is 5.11 Å². The van der Waals surface area contributed by atoms with Crippen LogP contribution in [0.5, 0.6) is 0 Å². The zero-order valence-corrected chi connectivity index (χ0v) is 12.7. The second-order valence-electron chi connectivity index (χ2n) is 5.85. The fourth-order valence-electron chi connectivity index (χ4n) is 2.73. The number of nitrogens with one attached hydrogen (secondary N) is 1. The van der Waals surface area contributed by atoms with Gasteiger partial charge in [-0.1, -0.05) is 0 Å². The minimum absolute atomic E-state index is 0.529. The second-order valence-corrected chi connectivity index (χ2v) is 5.85. The molecule has 117 valence electrons. The maximum Gasteiger partial charge on any atom is 0.204 e. The Kier molecular flexibility index (Phi) is 7.19. The number of likely N-dealkylation sites (N-methyl/N-ethyl adjacent to an activating group) is 1. The zero-order chi connectivity index (χ0) is 14.2. The molecule has 0 aromatic rings. The predicted octanol–water partition coefficient (Wildman–Crippen LogP) is -0.698. The van der Waals surface area contributed by atoms with Gasteiger partial charge in [-0.05, 0) is 13.5 Å². The van der Waals surface area contributed by atoms with Gasteiger partial charge in [0.25, 0.3) is 0 Å². The Bertz CT molecular complexity index is 254. The lowest BCUT2D eigenvalue weighted by atomic mass is 10.3. The summed E-state index contributed by atoms with van der Waals surface area (Å²) in [6, 6.07) is 0. The smallest absolute Gasteiger partial charge is 0.204 e. The maximum absolute atomic E-state index is 11.8. The Morgan fingerprint density at radius 3 is 2.45 bits per heavy atom. The molecule has 2 saturated heterocycles. The van der Waals surface area contributed by atoms with Crippen LogP contribution in [0.3, 0.4) is 0 Å². The first kappa shape index (κ1) is 16.1. The van der Waals surface area contributed by atoms with Crippen molar-refractivity contribution in [1.29, 1.82) is 0 Å². The molecule has 1 radical (unpaired) electrons. The van der Waals surface area contributed by atoms with Crippen LogP contribution in [0.25, 0.3) is 0 Å². The molecule has 2 aliphatic heterocycles. The SMILES string of the molecule is CN1CCN(CC([O])OCCCN2CCNCC2)CC1. The fraction of sp³-hybridized carbons (Fsp3) is 1.00. The van der Waals surface area contributed by atoms with Gasteiger partial charge in [0.15, 0.2) is 0 Å². The molecule has 0 spiro atoms. The standard InChI is InChI=1S/C14H29N4O2/c1-16-8-10-18(11-9-16)13-14(19)20-12-2-5-17-6-3-15-4-7-17/h14-15H,2-13H2,1H3. The summed E-state index contributed by atoms with van der Waals surface area (Å²) in [5.74, 6) is 0. The van der Waals surface area contributed by atoms with Crippen LogP contribution in [0.1, 0.15) is 6.42 Å². The predicted molar refractivity (Wildman–Crippen MR) is 78.3 cm³/mol. The largest absolute Gasteiger partial charge is 0.349 e. The van der Waals surface area contributed by atoms with Gasteiger partial charge in [-0.25, -0.2) is 5.11 Å². The van der Waals surface area contributed by atoms with Crippen LogP contribution in [-0.2, 0) is 9.84 Å². The lowest BCUT2D eigenvalue weighted by Crippen LogP contribution is -2.47. The molecule has 2 rings (SSSR count). The van der Waals surface area contributed by atoms with Crippen LogP contribution in [0.15, 0.2) is 0 Å². The van der Waals surface area contributed by atoms with E-state index < -0.39 is 6.29 Å². The van der Waals surface area contributed by atoms with Gasteiger partial charge in [0.2, 0.25) is 6.29 Å².